The van der Waals surface area contributed by atoms with E-state index in [-0.39, 0.29) is 11.4 Å². The number of ether oxygens (including phenoxy) is 1. The predicted molar refractivity (Wildman–Crippen MR) is 154 cm³/mol. The summed E-state index contributed by atoms with van der Waals surface area (Å²) in [5.41, 5.74) is 4.37. The summed E-state index contributed by atoms with van der Waals surface area (Å²) in [6.45, 7) is 0.662. The van der Waals surface area contributed by atoms with E-state index in [2.05, 4.69) is 20.0 Å². The molecule has 2 heterocycles. The van der Waals surface area contributed by atoms with Crippen LogP contribution in [0.4, 0.5) is 10.2 Å². The Morgan fingerprint density at radius 2 is 1.68 bits per heavy atom. The van der Waals surface area contributed by atoms with Crippen molar-refractivity contribution in [2.45, 2.75) is 11.3 Å². The molecule has 0 radical (unpaired) electrons. The van der Waals surface area contributed by atoms with Crippen LogP contribution >= 0.6 is 0 Å². The van der Waals surface area contributed by atoms with Gasteiger partial charge in [0.05, 0.1) is 23.4 Å². The molecule has 0 aliphatic rings. The van der Waals surface area contributed by atoms with Gasteiger partial charge in [-0.1, -0.05) is 48.5 Å². The van der Waals surface area contributed by atoms with Gasteiger partial charge >= 0.3 is 0 Å². The van der Waals surface area contributed by atoms with Crippen molar-refractivity contribution < 1.29 is 17.5 Å². The van der Waals surface area contributed by atoms with Crippen molar-refractivity contribution in [3.05, 3.63) is 103 Å². The zero-order valence-electron chi connectivity index (χ0n) is 21.8. The van der Waals surface area contributed by atoms with E-state index in [1.54, 1.807) is 13.3 Å². The molecule has 5 aromatic rings. The van der Waals surface area contributed by atoms with E-state index < -0.39 is 15.8 Å². The molecule has 0 aliphatic carbocycles. The van der Waals surface area contributed by atoms with Gasteiger partial charge in [0.15, 0.2) is 0 Å². The van der Waals surface area contributed by atoms with Crippen LogP contribution in [0, 0.1) is 5.82 Å². The molecule has 0 amide bonds. The Balaban J connectivity index is 1.32. The number of halogens is 1. The maximum Gasteiger partial charge on any atom is 0.240 e. The first-order valence-corrected chi connectivity index (χ1v) is 14.2. The first kappa shape index (κ1) is 27.0. The molecule has 2 aromatic heterocycles. The van der Waals surface area contributed by atoms with Gasteiger partial charge < -0.3 is 15.0 Å². The minimum Gasteiger partial charge on any atom is -0.497 e. The number of aromatic nitrogens is 3. The molecule has 0 fully saturated rings. The Kier molecular flexibility index (Phi) is 8.18. The van der Waals surface area contributed by atoms with Gasteiger partial charge in [-0.15, -0.1) is 0 Å². The lowest BCUT2D eigenvalue weighted by molar-refractivity contribution is 0.415. The van der Waals surface area contributed by atoms with E-state index in [4.69, 9.17) is 9.72 Å². The molecule has 8 nitrogen and oxygen atoms in total. The lowest BCUT2D eigenvalue weighted by Gasteiger charge is -2.10. The summed E-state index contributed by atoms with van der Waals surface area (Å²) in [5.74, 6) is 1.51. The zero-order chi connectivity index (χ0) is 28.0. The molecule has 5 rings (SSSR count). The molecular weight excluding hydrogens is 529 g/mol. The molecule has 0 unspecified atom stereocenters. The van der Waals surface area contributed by atoms with Crippen molar-refractivity contribution in [3.8, 4) is 39.7 Å². The lowest BCUT2D eigenvalue weighted by atomic mass is 10.1. The van der Waals surface area contributed by atoms with Crippen LogP contribution in [0.5, 0.6) is 5.75 Å². The van der Waals surface area contributed by atoms with E-state index in [0.717, 1.165) is 45.7 Å². The van der Waals surface area contributed by atoms with E-state index in [9.17, 15) is 12.8 Å². The number of sulfonamides is 1. The zero-order valence-corrected chi connectivity index (χ0v) is 22.6. The molecule has 0 bridgehead atoms. The highest BCUT2D eigenvalue weighted by Crippen LogP contribution is 2.34. The average Bonchev–Trinajstić information content (AvgIpc) is 3.43. The van der Waals surface area contributed by atoms with E-state index in [0.29, 0.717) is 18.8 Å². The summed E-state index contributed by atoms with van der Waals surface area (Å²) < 4.78 is 46.1. The molecule has 0 saturated carbocycles. The Morgan fingerprint density at radius 1 is 0.875 bits per heavy atom. The second-order valence-electron chi connectivity index (χ2n) is 8.97. The van der Waals surface area contributed by atoms with Crippen LogP contribution < -0.4 is 14.8 Å². The highest BCUT2D eigenvalue weighted by Gasteiger charge is 2.17. The topological polar surface area (TPSA) is 109 Å². The van der Waals surface area contributed by atoms with Gasteiger partial charge in [-0.3, -0.25) is 0 Å². The van der Waals surface area contributed by atoms with E-state index in [1.165, 1.54) is 18.2 Å². The van der Waals surface area contributed by atoms with Crippen molar-refractivity contribution in [1.29, 1.82) is 0 Å². The van der Waals surface area contributed by atoms with Gasteiger partial charge in [0.1, 0.15) is 23.2 Å². The highest BCUT2D eigenvalue weighted by molar-refractivity contribution is 7.89. The summed E-state index contributed by atoms with van der Waals surface area (Å²) in [6.07, 6.45) is 2.21. The highest BCUT2D eigenvalue weighted by atomic mass is 32.2. The molecule has 0 aliphatic heterocycles. The number of imidazole rings is 1. The van der Waals surface area contributed by atoms with Crippen LogP contribution in [0.15, 0.2) is 102 Å². The third kappa shape index (κ3) is 6.36. The van der Waals surface area contributed by atoms with Gasteiger partial charge in [0.2, 0.25) is 10.0 Å². The van der Waals surface area contributed by atoms with Crippen LogP contribution in [0.1, 0.15) is 6.42 Å². The van der Waals surface area contributed by atoms with E-state index >= 15 is 0 Å². The predicted octanol–water partition coefficient (Wildman–Crippen LogP) is 5.73. The molecule has 3 aromatic carbocycles. The number of nitrogens with zero attached hydrogens (tertiary/aromatic N) is 2. The van der Waals surface area contributed by atoms with Crippen molar-refractivity contribution in [3.63, 3.8) is 0 Å². The second kappa shape index (κ2) is 12.1. The first-order valence-electron chi connectivity index (χ1n) is 12.7. The summed E-state index contributed by atoms with van der Waals surface area (Å²) in [4.78, 5) is 12.7. The smallest absolute Gasteiger partial charge is 0.240 e. The fraction of sp³-hybridized carbons (Fsp3) is 0.133. The first-order chi connectivity index (χ1) is 19.4. The van der Waals surface area contributed by atoms with Gasteiger partial charge in [-0.25, -0.2) is 27.5 Å². The molecule has 3 N–H and O–H groups in total. The second-order valence-corrected chi connectivity index (χ2v) is 10.7. The quantitative estimate of drug-likeness (QED) is 0.179. The molecule has 204 valence electrons. The molecule has 0 atom stereocenters. The summed E-state index contributed by atoms with van der Waals surface area (Å²) in [7, 11) is -2.15. The van der Waals surface area contributed by atoms with Crippen LogP contribution in [0.2, 0.25) is 0 Å². The Bertz CT molecular complexity index is 1710. The maximum absolute atomic E-state index is 13.4. The van der Waals surface area contributed by atoms with Crippen LogP contribution in [-0.4, -0.2) is 43.6 Å². The number of hydrogen-bond acceptors (Lipinski definition) is 6. The monoisotopic (exact) mass is 557 g/mol. The molecule has 0 saturated heterocycles. The fourth-order valence-corrected chi connectivity index (χ4v) is 5.31. The van der Waals surface area contributed by atoms with Gasteiger partial charge in [-0.2, -0.15) is 0 Å². The summed E-state index contributed by atoms with van der Waals surface area (Å²) in [6, 6.07) is 26.4. The fourth-order valence-electron chi connectivity index (χ4n) is 4.21. The summed E-state index contributed by atoms with van der Waals surface area (Å²) in [5, 5.41) is 3.25. The van der Waals surface area contributed by atoms with Crippen molar-refractivity contribution in [2.24, 2.45) is 0 Å². The van der Waals surface area contributed by atoms with Crippen LogP contribution in [-0.2, 0) is 10.0 Å². The average molecular weight is 558 g/mol. The number of nitrogens with one attached hydrogen (secondary N) is 3. The third-order valence-corrected chi connectivity index (χ3v) is 7.66. The van der Waals surface area contributed by atoms with Crippen molar-refractivity contribution in [1.82, 2.24) is 19.7 Å². The molecule has 40 heavy (non-hydrogen) atoms. The standard InChI is InChI=1S/C30H28FN5O3S/c1-39-25-12-5-10-22(18-25)28-29(36-30(35-28)21-8-3-2-4-9-21)23-14-17-33-27(19-23)32-15-7-16-34-40(37,38)26-13-6-11-24(31)20-26/h2-6,8-14,17-20,34H,7,15-16H2,1H3,(H,32,33)(H,35,36). The SMILES string of the molecule is COc1cccc(-c2nc(-c3ccccc3)[nH]c2-c2ccnc(NCCCNS(=O)(=O)c3cccc(F)c3)c2)c1. The van der Waals surface area contributed by atoms with Gasteiger partial charge in [0, 0.05) is 36.0 Å². The Hall–Kier alpha value is -4.54. The largest absolute Gasteiger partial charge is 0.497 e. The summed E-state index contributed by atoms with van der Waals surface area (Å²) >= 11 is 0. The third-order valence-electron chi connectivity index (χ3n) is 6.20. The minimum atomic E-state index is -3.78. The number of hydrogen-bond donors (Lipinski definition) is 3. The Labute approximate surface area is 232 Å². The van der Waals surface area contributed by atoms with Crippen LogP contribution in [0.25, 0.3) is 33.9 Å². The van der Waals surface area contributed by atoms with Gasteiger partial charge in [0.25, 0.3) is 0 Å². The number of benzene rings is 3. The molecule has 0 spiro atoms. The lowest BCUT2D eigenvalue weighted by Crippen LogP contribution is -2.26. The molecular formula is C30H28FN5O3S. The Morgan fingerprint density at radius 3 is 2.48 bits per heavy atom. The van der Waals surface area contributed by atoms with Crippen molar-refractivity contribution in [2.75, 3.05) is 25.5 Å². The number of methoxy groups -OCH3 is 1. The number of anilines is 1. The number of H-pyrrole nitrogens is 1. The van der Waals surface area contributed by atoms with Gasteiger partial charge in [-0.05, 0) is 48.9 Å². The minimum absolute atomic E-state index is 0.101. The normalized spacial score (nSPS) is 11.3. The van der Waals surface area contributed by atoms with Crippen molar-refractivity contribution >= 4 is 15.8 Å². The van der Waals surface area contributed by atoms with Crippen LogP contribution in [0.3, 0.4) is 0 Å². The number of pyridine rings is 1. The number of rotatable bonds is 11. The maximum atomic E-state index is 13.4. The van der Waals surface area contributed by atoms with E-state index in [1.807, 2.05) is 66.7 Å². The molecule has 10 heteroatoms. The number of aromatic amines is 1.